The van der Waals surface area contributed by atoms with Gasteiger partial charge in [0.05, 0.1) is 11.0 Å². The fourth-order valence-electron chi connectivity index (χ4n) is 1.65. The molecule has 0 aliphatic heterocycles. The summed E-state index contributed by atoms with van der Waals surface area (Å²) in [6.07, 6.45) is -1.22. The number of imidazole rings is 1. The van der Waals surface area contributed by atoms with Crippen molar-refractivity contribution in [3.63, 3.8) is 0 Å². The lowest BCUT2D eigenvalue weighted by atomic mass is 10.3. The number of hydrogen-bond acceptors (Lipinski definition) is 3. The summed E-state index contributed by atoms with van der Waals surface area (Å²) in [6, 6.07) is 7.13. The van der Waals surface area contributed by atoms with Crippen LogP contribution < -0.4 is 10.6 Å². The number of aromatic nitrogens is 2. The number of likely N-dealkylation sites (N-methyl/N-ethyl adjacent to an activating group) is 1. The van der Waals surface area contributed by atoms with E-state index in [2.05, 4.69) is 15.6 Å². The molecule has 1 aromatic carbocycles. The maximum atomic E-state index is 11.4. The molecule has 0 bridgehead atoms. The molecule has 0 spiro atoms. The predicted octanol–water partition coefficient (Wildman–Crippen LogP) is 0.872. The average molecular weight is 248 g/mol. The van der Waals surface area contributed by atoms with E-state index in [9.17, 15) is 9.59 Å². The van der Waals surface area contributed by atoms with Crippen LogP contribution in [0, 0.1) is 0 Å². The largest absolute Gasteiger partial charge is 0.465 e. The van der Waals surface area contributed by atoms with Crippen LogP contribution in [0.4, 0.5) is 10.7 Å². The van der Waals surface area contributed by atoms with Gasteiger partial charge in [0, 0.05) is 7.05 Å². The summed E-state index contributed by atoms with van der Waals surface area (Å²) in [4.78, 5) is 26.2. The zero-order valence-electron chi connectivity index (χ0n) is 9.67. The number of carbonyl (C=O) groups excluding carboxylic acids is 1. The van der Waals surface area contributed by atoms with Gasteiger partial charge in [-0.1, -0.05) is 12.1 Å². The lowest BCUT2D eigenvalue weighted by molar-refractivity contribution is -0.121. The SMILES string of the molecule is CNC(=O)Cn1c(NC(=O)O)nc2ccccc21. The first kappa shape index (κ1) is 11.9. The summed E-state index contributed by atoms with van der Waals surface area (Å²) in [6.45, 7) is 0.00657. The minimum Gasteiger partial charge on any atom is -0.465 e. The van der Waals surface area contributed by atoms with E-state index in [-0.39, 0.29) is 18.4 Å². The zero-order chi connectivity index (χ0) is 13.1. The maximum Gasteiger partial charge on any atom is 0.411 e. The van der Waals surface area contributed by atoms with Gasteiger partial charge in [0.1, 0.15) is 6.54 Å². The number of hydrogen-bond donors (Lipinski definition) is 3. The van der Waals surface area contributed by atoms with Crippen molar-refractivity contribution in [1.82, 2.24) is 14.9 Å². The van der Waals surface area contributed by atoms with Crippen LogP contribution in [0.5, 0.6) is 0 Å². The van der Waals surface area contributed by atoms with Gasteiger partial charge in [0.25, 0.3) is 0 Å². The Bertz CT molecular complexity index is 605. The van der Waals surface area contributed by atoms with E-state index in [4.69, 9.17) is 5.11 Å². The number of rotatable bonds is 3. The lowest BCUT2D eigenvalue weighted by Crippen LogP contribution is -2.25. The maximum absolute atomic E-state index is 11.4. The van der Waals surface area contributed by atoms with Gasteiger partial charge in [-0.05, 0) is 12.1 Å². The van der Waals surface area contributed by atoms with Gasteiger partial charge in [-0.3, -0.25) is 10.1 Å². The van der Waals surface area contributed by atoms with Crippen LogP contribution in [0.3, 0.4) is 0 Å². The number of para-hydroxylation sites is 2. The first-order valence-electron chi connectivity index (χ1n) is 5.27. The van der Waals surface area contributed by atoms with Crippen molar-refractivity contribution < 1.29 is 14.7 Å². The van der Waals surface area contributed by atoms with Crippen molar-refractivity contribution in [3.05, 3.63) is 24.3 Å². The Kier molecular flexibility index (Phi) is 3.13. The first-order valence-corrected chi connectivity index (χ1v) is 5.27. The summed E-state index contributed by atoms with van der Waals surface area (Å²) in [5.74, 6) is -0.0982. The number of nitrogens with zero attached hydrogens (tertiary/aromatic N) is 2. The summed E-state index contributed by atoms with van der Waals surface area (Å²) in [5.41, 5.74) is 1.33. The van der Waals surface area contributed by atoms with Crippen LogP contribution in [0.25, 0.3) is 11.0 Å². The quantitative estimate of drug-likeness (QED) is 0.751. The number of anilines is 1. The topological polar surface area (TPSA) is 96.2 Å². The molecular formula is C11H12N4O3. The third-order valence-electron chi connectivity index (χ3n) is 2.45. The van der Waals surface area contributed by atoms with Crippen LogP contribution in [0.2, 0.25) is 0 Å². The Morgan fingerprint density at radius 1 is 1.39 bits per heavy atom. The normalized spacial score (nSPS) is 10.3. The number of nitrogens with one attached hydrogen (secondary N) is 2. The van der Waals surface area contributed by atoms with E-state index in [1.807, 2.05) is 0 Å². The van der Waals surface area contributed by atoms with Crippen molar-refractivity contribution in [1.29, 1.82) is 0 Å². The molecule has 0 aliphatic carbocycles. The third kappa shape index (κ3) is 2.24. The van der Waals surface area contributed by atoms with Crippen LogP contribution >= 0.6 is 0 Å². The van der Waals surface area contributed by atoms with E-state index in [0.29, 0.717) is 11.0 Å². The Labute approximate surface area is 102 Å². The Morgan fingerprint density at radius 3 is 2.78 bits per heavy atom. The van der Waals surface area contributed by atoms with Crippen molar-refractivity contribution in [2.75, 3.05) is 12.4 Å². The highest BCUT2D eigenvalue weighted by Crippen LogP contribution is 2.19. The van der Waals surface area contributed by atoms with E-state index >= 15 is 0 Å². The standard InChI is InChI=1S/C11H12N4O3/c1-12-9(16)6-15-8-5-3-2-4-7(8)13-10(15)14-11(17)18/h2-5H,6H2,1H3,(H,12,16)(H,13,14)(H,17,18). The van der Waals surface area contributed by atoms with Crippen LogP contribution in [0.15, 0.2) is 24.3 Å². The van der Waals surface area contributed by atoms with E-state index < -0.39 is 6.09 Å². The predicted molar refractivity (Wildman–Crippen MR) is 65.4 cm³/mol. The number of fused-ring (bicyclic) bond motifs is 1. The molecule has 18 heavy (non-hydrogen) atoms. The number of carbonyl (C=O) groups is 2. The average Bonchev–Trinajstić information content (AvgIpc) is 2.66. The molecule has 0 aliphatic rings. The Balaban J connectivity index is 2.50. The fraction of sp³-hybridized carbons (Fsp3) is 0.182. The lowest BCUT2D eigenvalue weighted by Gasteiger charge is -2.07. The molecular weight excluding hydrogens is 236 g/mol. The fourth-order valence-corrected chi connectivity index (χ4v) is 1.65. The highest BCUT2D eigenvalue weighted by atomic mass is 16.4. The van der Waals surface area contributed by atoms with Gasteiger partial charge in [-0.2, -0.15) is 0 Å². The molecule has 1 aromatic heterocycles. The molecule has 2 aromatic rings. The van der Waals surface area contributed by atoms with Gasteiger partial charge in [0.2, 0.25) is 11.9 Å². The van der Waals surface area contributed by atoms with E-state index in [1.165, 1.54) is 11.6 Å². The summed E-state index contributed by atoms with van der Waals surface area (Å²) < 4.78 is 1.52. The Hall–Kier alpha value is -2.57. The van der Waals surface area contributed by atoms with Gasteiger partial charge >= 0.3 is 6.09 Å². The smallest absolute Gasteiger partial charge is 0.411 e. The molecule has 0 unspecified atom stereocenters. The molecule has 7 heteroatoms. The molecule has 7 nitrogen and oxygen atoms in total. The molecule has 0 atom stereocenters. The second-order valence-electron chi connectivity index (χ2n) is 3.61. The Morgan fingerprint density at radius 2 is 2.11 bits per heavy atom. The molecule has 3 N–H and O–H groups in total. The summed E-state index contributed by atoms with van der Waals surface area (Å²) >= 11 is 0. The number of carboxylic acid groups (broad SMARTS) is 1. The van der Waals surface area contributed by atoms with Gasteiger partial charge in [0.15, 0.2) is 0 Å². The minimum absolute atomic E-state index is 0.00657. The molecule has 2 rings (SSSR count). The van der Waals surface area contributed by atoms with Gasteiger partial charge < -0.3 is 15.0 Å². The first-order chi connectivity index (χ1) is 8.61. The highest BCUT2D eigenvalue weighted by molar-refractivity contribution is 5.87. The van der Waals surface area contributed by atoms with Crippen molar-refractivity contribution in [2.45, 2.75) is 6.54 Å². The van der Waals surface area contributed by atoms with Crippen molar-refractivity contribution in [3.8, 4) is 0 Å². The molecule has 94 valence electrons. The highest BCUT2D eigenvalue weighted by Gasteiger charge is 2.14. The van der Waals surface area contributed by atoms with Gasteiger partial charge in [-0.15, -0.1) is 0 Å². The molecule has 0 saturated carbocycles. The second kappa shape index (κ2) is 4.74. The van der Waals surface area contributed by atoms with Gasteiger partial charge in [-0.25, -0.2) is 9.78 Å². The van der Waals surface area contributed by atoms with Crippen LogP contribution in [0.1, 0.15) is 0 Å². The molecule has 0 saturated heterocycles. The third-order valence-corrected chi connectivity index (χ3v) is 2.45. The van der Waals surface area contributed by atoms with E-state index in [0.717, 1.165) is 0 Å². The zero-order valence-corrected chi connectivity index (χ0v) is 9.67. The van der Waals surface area contributed by atoms with Crippen LogP contribution in [-0.4, -0.2) is 33.7 Å². The van der Waals surface area contributed by atoms with Crippen molar-refractivity contribution >= 4 is 29.0 Å². The van der Waals surface area contributed by atoms with Crippen molar-refractivity contribution in [2.24, 2.45) is 0 Å². The summed E-state index contributed by atoms with van der Waals surface area (Å²) in [7, 11) is 1.52. The summed E-state index contributed by atoms with van der Waals surface area (Å²) in [5, 5.41) is 13.4. The number of benzene rings is 1. The van der Waals surface area contributed by atoms with Crippen LogP contribution in [-0.2, 0) is 11.3 Å². The molecule has 2 amide bonds. The monoisotopic (exact) mass is 248 g/mol. The molecule has 0 radical (unpaired) electrons. The van der Waals surface area contributed by atoms with E-state index in [1.54, 1.807) is 24.3 Å². The number of amides is 2. The molecule has 1 heterocycles. The second-order valence-corrected chi connectivity index (χ2v) is 3.61. The molecule has 0 fully saturated rings. The minimum atomic E-state index is -1.22.